The van der Waals surface area contributed by atoms with E-state index in [4.69, 9.17) is 15.0 Å². The Hall–Kier alpha value is -0.975. The second-order valence-corrected chi connectivity index (χ2v) is 6.25. The summed E-state index contributed by atoms with van der Waals surface area (Å²) in [4.78, 5) is 0. The van der Waals surface area contributed by atoms with Crippen molar-refractivity contribution in [1.29, 1.82) is 0 Å². The second-order valence-electron chi connectivity index (χ2n) is 6.25. The van der Waals surface area contributed by atoms with Gasteiger partial charge in [-0.1, -0.05) is 12.1 Å². The summed E-state index contributed by atoms with van der Waals surface area (Å²) in [6, 6.07) is 2.97. The Balaban J connectivity index is 2.30. The summed E-state index contributed by atoms with van der Waals surface area (Å²) < 4.78 is 39.2. The molecule has 110 valence electrons. The van der Waals surface area contributed by atoms with E-state index >= 15 is 0 Å². The summed E-state index contributed by atoms with van der Waals surface area (Å²) in [6.45, 7) is 9.03. The lowest BCUT2D eigenvalue weighted by atomic mass is 9.74. The van der Waals surface area contributed by atoms with Crippen LogP contribution < -0.4 is 5.73 Å². The second kappa shape index (κ2) is 4.79. The first-order valence-corrected chi connectivity index (χ1v) is 6.62. The number of hydrogen-bond acceptors (Lipinski definition) is 3. The van der Waals surface area contributed by atoms with Crippen LogP contribution >= 0.6 is 0 Å². The van der Waals surface area contributed by atoms with Gasteiger partial charge in [0.15, 0.2) is 11.6 Å². The van der Waals surface area contributed by atoms with Crippen molar-refractivity contribution in [1.82, 2.24) is 0 Å². The van der Waals surface area contributed by atoms with Gasteiger partial charge in [0.1, 0.15) is 0 Å². The molecule has 1 atom stereocenters. The smallest absolute Gasteiger partial charge is 0.402 e. The highest BCUT2D eigenvalue weighted by atomic mass is 19.2. The third-order valence-electron chi connectivity index (χ3n) is 4.23. The lowest BCUT2D eigenvalue weighted by molar-refractivity contribution is 0.00578. The van der Waals surface area contributed by atoms with E-state index in [9.17, 15) is 8.78 Å². The molecule has 1 aromatic carbocycles. The van der Waals surface area contributed by atoms with Crippen LogP contribution in [-0.4, -0.2) is 18.3 Å². The zero-order valence-corrected chi connectivity index (χ0v) is 12.5. The van der Waals surface area contributed by atoms with Crippen LogP contribution in [0.25, 0.3) is 0 Å². The Morgan fingerprint density at radius 2 is 1.55 bits per heavy atom. The van der Waals surface area contributed by atoms with Crippen molar-refractivity contribution in [3.63, 3.8) is 0 Å². The molecule has 6 heteroatoms. The van der Waals surface area contributed by atoms with Crippen LogP contribution in [0.4, 0.5) is 8.78 Å². The third kappa shape index (κ3) is 2.36. The summed E-state index contributed by atoms with van der Waals surface area (Å²) in [6.07, 6.45) is 0. The van der Waals surface area contributed by atoms with Gasteiger partial charge >= 0.3 is 7.12 Å². The monoisotopic (exact) mass is 283 g/mol. The van der Waals surface area contributed by atoms with Crippen LogP contribution in [0.1, 0.15) is 44.8 Å². The van der Waals surface area contributed by atoms with Crippen LogP contribution in [0.3, 0.4) is 0 Å². The highest BCUT2D eigenvalue weighted by Gasteiger charge is 2.53. The molecule has 1 heterocycles. The fraction of sp³-hybridized carbons (Fsp3) is 0.571. The third-order valence-corrected chi connectivity index (χ3v) is 4.23. The van der Waals surface area contributed by atoms with Crippen molar-refractivity contribution in [2.75, 3.05) is 0 Å². The minimum Gasteiger partial charge on any atom is -0.402 e. The average Bonchev–Trinajstić information content (AvgIpc) is 2.55. The lowest BCUT2D eigenvalue weighted by Crippen LogP contribution is -2.41. The van der Waals surface area contributed by atoms with E-state index in [0.29, 0.717) is 0 Å². The number of hydrogen-bond donors (Lipinski definition) is 1. The van der Waals surface area contributed by atoms with Gasteiger partial charge in [0, 0.05) is 5.56 Å². The molecule has 1 aliphatic rings. The molecule has 20 heavy (non-hydrogen) atoms. The van der Waals surface area contributed by atoms with Crippen LogP contribution in [0.2, 0.25) is 0 Å². The van der Waals surface area contributed by atoms with E-state index < -0.39 is 35.9 Å². The van der Waals surface area contributed by atoms with Gasteiger partial charge in [-0.2, -0.15) is 0 Å². The van der Waals surface area contributed by atoms with E-state index in [0.717, 1.165) is 0 Å². The summed E-state index contributed by atoms with van der Waals surface area (Å²) in [5, 5.41) is 0. The van der Waals surface area contributed by atoms with Gasteiger partial charge in [-0.25, -0.2) is 8.78 Å². The van der Waals surface area contributed by atoms with Gasteiger partial charge in [-0.15, -0.1) is 0 Å². The minimum absolute atomic E-state index is 0.0617. The van der Waals surface area contributed by atoms with Gasteiger partial charge < -0.3 is 15.0 Å². The molecular weight excluding hydrogens is 263 g/mol. The summed E-state index contributed by atoms with van der Waals surface area (Å²) in [5.41, 5.74) is 5.19. The maximum absolute atomic E-state index is 14.0. The summed E-state index contributed by atoms with van der Waals surface area (Å²) in [7, 11) is -0.809. The van der Waals surface area contributed by atoms with Crippen molar-refractivity contribution >= 4 is 7.12 Å². The van der Waals surface area contributed by atoms with Gasteiger partial charge in [0.25, 0.3) is 0 Å². The van der Waals surface area contributed by atoms with Crippen molar-refractivity contribution in [3.8, 4) is 0 Å². The van der Waals surface area contributed by atoms with Crippen molar-refractivity contribution < 1.29 is 18.1 Å². The SMILES string of the molecule is Cc1ccc([C@H](N)B2OC(C)(C)C(C)(C)O2)c(F)c1F. The molecule has 1 aromatic rings. The molecule has 0 aliphatic carbocycles. The van der Waals surface area contributed by atoms with Crippen LogP contribution in [0.15, 0.2) is 12.1 Å². The highest BCUT2D eigenvalue weighted by Crippen LogP contribution is 2.40. The van der Waals surface area contributed by atoms with Gasteiger partial charge in [0.05, 0.1) is 17.1 Å². The maximum Gasteiger partial charge on any atom is 0.480 e. The molecule has 0 radical (unpaired) electrons. The Morgan fingerprint density at radius 1 is 1.05 bits per heavy atom. The van der Waals surface area contributed by atoms with Crippen molar-refractivity contribution in [2.24, 2.45) is 5.73 Å². The van der Waals surface area contributed by atoms with E-state index in [2.05, 4.69) is 0 Å². The number of rotatable bonds is 2. The van der Waals surface area contributed by atoms with Gasteiger partial charge in [-0.3, -0.25) is 0 Å². The molecule has 0 saturated carbocycles. The fourth-order valence-electron chi connectivity index (χ4n) is 2.10. The maximum atomic E-state index is 14.0. The average molecular weight is 283 g/mol. The zero-order valence-electron chi connectivity index (χ0n) is 12.5. The topological polar surface area (TPSA) is 44.5 Å². The largest absolute Gasteiger partial charge is 0.480 e. The number of halogens is 2. The molecule has 1 saturated heterocycles. The molecule has 0 spiro atoms. The first-order valence-electron chi connectivity index (χ1n) is 6.62. The van der Waals surface area contributed by atoms with Crippen molar-refractivity contribution in [3.05, 3.63) is 34.9 Å². The molecule has 0 bridgehead atoms. The van der Waals surface area contributed by atoms with Crippen LogP contribution in [-0.2, 0) is 9.31 Å². The first-order chi connectivity index (χ1) is 9.07. The predicted molar refractivity (Wildman–Crippen MR) is 74.1 cm³/mol. The highest BCUT2D eigenvalue weighted by molar-refractivity contribution is 6.47. The van der Waals surface area contributed by atoms with E-state index in [1.807, 2.05) is 27.7 Å². The molecule has 0 amide bonds. The number of benzene rings is 1. The number of aryl methyl sites for hydroxylation is 1. The molecular formula is C14H20BF2NO2. The van der Waals surface area contributed by atoms with Gasteiger partial charge in [-0.05, 0) is 40.2 Å². The zero-order chi connectivity index (χ0) is 15.3. The van der Waals surface area contributed by atoms with Crippen molar-refractivity contribution in [2.45, 2.75) is 51.8 Å². The molecule has 0 unspecified atom stereocenters. The number of nitrogens with two attached hydrogens (primary N) is 1. The molecule has 2 rings (SSSR count). The normalized spacial score (nSPS) is 22.1. The standard InChI is InChI=1S/C14H20BF2NO2/c1-8-6-7-9(11(17)10(8)16)12(18)15-19-13(2,3)14(4,5)20-15/h6-7,12H,18H2,1-5H3/t12-/m0/s1. The fourth-order valence-corrected chi connectivity index (χ4v) is 2.10. The predicted octanol–water partition coefficient (Wildman–Crippen LogP) is 2.90. The molecule has 3 nitrogen and oxygen atoms in total. The van der Waals surface area contributed by atoms with Gasteiger partial charge in [0.2, 0.25) is 0 Å². The minimum atomic E-state index is -0.938. The molecule has 1 aliphatic heterocycles. The summed E-state index contributed by atoms with van der Waals surface area (Å²) >= 11 is 0. The van der Waals surface area contributed by atoms with E-state index in [1.54, 1.807) is 0 Å². The van der Waals surface area contributed by atoms with E-state index in [1.165, 1.54) is 19.1 Å². The van der Waals surface area contributed by atoms with Crippen LogP contribution in [0.5, 0.6) is 0 Å². The van der Waals surface area contributed by atoms with E-state index in [-0.39, 0.29) is 11.1 Å². The molecule has 0 aromatic heterocycles. The summed E-state index contributed by atoms with van der Waals surface area (Å²) in [5.74, 6) is -2.70. The Morgan fingerprint density at radius 3 is 2.05 bits per heavy atom. The van der Waals surface area contributed by atoms with Crippen LogP contribution in [0, 0.1) is 18.6 Å². The Bertz CT molecular complexity index is 518. The molecule has 1 fully saturated rings. The molecule has 2 N–H and O–H groups in total. The lowest BCUT2D eigenvalue weighted by Gasteiger charge is -2.32. The quantitative estimate of drug-likeness (QED) is 0.849. The first kappa shape index (κ1) is 15.4. The Labute approximate surface area is 118 Å². The Kier molecular flexibility index (Phi) is 3.69.